The number of allylic oxidation sites excluding steroid dienone is 3. The predicted molar refractivity (Wildman–Crippen MR) is 257 cm³/mol. The van der Waals surface area contributed by atoms with E-state index in [1.165, 1.54) is 11.1 Å². The normalized spacial score (nSPS) is 13.7. The van der Waals surface area contributed by atoms with Gasteiger partial charge in [-0.25, -0.2) is 0 Å². The van der Waals surface area contributed by atoms with Gasteiger partial charge in [0.25, 0.3) is 0 Å². The fourth-order valence-electron chi connectivity index (χ4n) is 9.86. The summed E-state index contributed by atoms with van der Waals surface area (Å²) in [5.74, 6) is -0.0166. The lowest BCUT2D eigenvalue weighted by atomic mass is 9.74. The van der Waals surface area contributed by atoms with Gasteiger partial charge in [-0.05, 0) is 109 Å². The standard InChI is InChI=1S/C58H44N4/c1-37-23-29-51(39(3)31-37)61(53-21-13-11-19-45(53)41-15-7-5-8-16-41)55-33-43-25-28-48-50(36-60)56(34-44-26-27-47(49(55)35-59)57(43)58(44)48)62(52-30-24-38(2)32-40(52)4)54-22-14-12-20-46(54)42-17-9-6-10-18-42/h5-33,44H,34H2,1-4H3. The molecular weight excluding hydrogens is 753 g/mol. The topological polar surface area (TPSA) is 54.1 Å². The zero-order valence-electron chi connectivity index (χ0n) is 35.3. The number of para-hydroxylation sites is 2. The first-order valence-electron chi connectivity index (χ1n) is 21.2. The zero-order chi connectivity index (χ0) is 42.5. The van der Waals surface area contributed by atoms with Crippen LogP contribution in [0.2, 0.25) is 0 Å². The van der Waals surface area contributed by atoms with E-state index in [1.54, 1.807) is 0 Å². The molecule has 0 amide bonds. The minimum Gasteiger partial charge on any atom is -0.312 e. The lowest BCUT2D eigenvalue weighted by molar-refractivity contribution is 0.797. The van der Waals surface area contributed by atoms with Crippen LogP contribution >= 0.6 is 0 Å². The quantitative estimate of drug-likeness (QED) is 0.154. The van der Waals surface area contributed by atoms with Gasteiger partial charge in [0.2, 0.25) is 0 Å². The van der Waals surface area contributed by atoms with Crippen molar-refractivity contribution in [3.05, 3.63) is 220 Å². The van der Waals surface area contributed by atoms with Crippen molar-refractivity contribution < 1.29 is 0 Å². The molecule has 2 aliphatic rings. The number of hydrogen-bond donors (Lipinski definition) is 0. The number of anilines is 5. The average molecular weight is 797 g/mol. The summed E-state index contributed by atoms with van der Waals surface area (Å²) in [4.78, 5) is 4.61. The van der Waals surface area contributed by atoms with Crippen molar-refractivity contribution >= 4 is 50.9 Å². The monoisotopic (exact) mass is 796 g/mol. The molecule has 8 aromatic rings. The van der Waals surface area contributed by atoms with E-state index >= 15 is 0 Å². The summed E-state index contributed by atoms with van der Waals surface area (Å²) in [7, 11) is 0. The lowest BCUT2D eigenvalue weighted by Crippen LogP contribution is -2.25. The fourth-order valence-corrected chi connectivity index (χ4v) is 9.86. The van der Waals surface area contributed by atoms with E-state index < -0.39 is 0 Å². The second-order valence-corrected chi connectivity index (χ2v) is 16.5. The van der Waals surface area contributed by atoms with Gasteiger partial charge in [0, 0.05) is 39.7 Å². The number of hydrogen-bond acceptors (Lipinski definition) is 4. The maximum atomic E-state index is 11.3. The second-order valence-electron chi connectivity index (χ2n) is 16.5. The first-order chi connectivity index (χ1) is 30.3. The summed E-state index contributed by atoms with van der Waals surface area (Å²) >= 11 is 0. The van der Waals surface area contributed by atoms with E-state index in [4.69, 9.17) is 0 Å². The van der Waals surface area contributed by atoms with Crippen molar-refractivity contribution in [2.24, 2.45) is 0 Å². The molecule has 2 aliphatic carbocycles. The largest absolute Gasteiger partial charge is 0.312 e. The number of benzene rings is 8. The van der Waals surface area contributed by atoms with E-state index in [2.05, 4.69) is 213 Å². The predicted octanol–water partition coefficient (Wildman–Crippen LogP) is 15.3. The SMILES string of the molecule is Cc1ccc(N(C2=C(C#N)c3ccc4cc(N(c5ccc(C)cc5C)c5ccccc5-c5ccccc5)c(C#N)c5c4c3C(C=C5)C2)c2ccccc2-c2ccccc2)c(C)c1. The number of aryl methyl sites for hydroxylation is 4. The van der Waals surface area contributed by atoms with Gasteiger partial charge in [-0.3, -0.25) is 0 Å². The summed E-state index contributed by atoms with van der Waals surface area (Å²) in [6.45, 7) is 8.54. The molecule has 0 radical (unpaired) electrons. The Bertz CT molecular complexity index is 3230. The van der Waals surface area contributed by atoms with Gasteiger partial charge < -0.3 is 9.80 Å². The maximum Gasteiger partial charge on any atom is 0.102 e. The van der Waals surface area contributed by atoms with Crippen molar-refractivity contribution in [1.82, 2.24) is 0 Å². The Labute approximate surface area is 364 Å². The van der Waals surface area contributed by atoms with Gasteiger partial charge in [-0.1, -0.05) is 157 Å². The number of nitrogens with zero attached hydrogens (tertiary/aromatic N) is 4. The van der Waals surface area contributed by atoms with Crippen LogP contribution in [0.25, 0.3) is 44.7 Å². The van der Waals surface area contributed by atoms with Crippen molar-refractivity contribution in [3.8, 4) is 34.4 Å². The van der Waals surface area contributed by atoms with Crippen LogP contribution in [-0.4, -0.2) is 0 Å². The molecule has 8 aromatic carbocycles. The molecule has 0 N–H and O–H groups in total. The van der Waals surface area contributed by atoms with Crippen LogP contribution in [-0.2, 0) is 0 Å². The minimum absolute atomic E-state index is 0.0166. The number of nitriles is 2. The van der Waals surface area contributed by atoms with Crippen LogP contribution in [0.3, 0.4) is 0 Å². The molecule has 0 aromatic heterocycles. The van der Waals surface area contributed by atoms with Crippen LogP contribution in [0.4, 0.5) is 28.4 Å². The van der Waals surface area contributed by atoms with Crippen LogP contribution in [0, 0.1) is 50.4 Å². The van der Waals surface area contributed by atoms with Crippen molar-refractivity contribution in [2.45, 2.75) is 40.0 Å². The highest BCUT2D eigenvalue weighted by Gasteiger charge is 2.36. The highest BCUT2D eigenvalue weighted by molar-refractivity contribution is 6.07. The van der Waals surface area contributed by atoms with Crippen molar-refractivity contribution in [2.75, 3.05) is 9.80 Å². The molecule has 62 heavy (non-hydrogen) atoms. The molecule has 1 unspecified atom stereocenters. The number of rotatable bonds is 8. The maximum absolute atomic E-state index is 11.3. The van der Waals surface area contributed by atoms with E-state index in [9.17, 15) is 10.5 Å². The Morgan fingerprint density at radius 3 is 1.61 bits per heavy atom. The second kappa shape index (κ2) is 15.6. The van der Waals surface area contributed by atoms with Gasteiger partial charge in [0.05, 0.1) is 28.2 Å². The molecule has 0 heterocycles. The molecule has 1 atom stereocenters. The molecule has 0 aliphatic heterocycles. The van der Waals surface area contributed by atoms with Gasteiger partial charge in [-0.15, -0.1) is 0 Å². The first-order valence-corrected chi connectivity index (χ1v) is 21.2. The molecular formula is C58H44N4. The van der Waals surface area contributed by atoms with E-state index in [0.717, 1.165) is 95.0 Å². The Hall–Kier alpha value is -7.92. The third-order valence-corrected chi connectivity index (χ3v) is 12.6. The third kappa shape index (κ3) is 6.37. The van der Waals surface area contributed by atoms with Gasteiger partial charge in [0.1, 0.15) is 12.1 Å². The lowest BCUT2D eigenvalue weighted by Gasteiger charge is -2.38. The highest BCUT2D eigenvalue weighted by atomic mass is 15.2. The summed E-state index contributed by atoms with van der Waals surface area (Å²) in [5, 5.41) is 24.7. The summed E-state index contributed by atoms with van der Waals surface area (Å²) in [6.07, 6.45) is 5.05. The fraction of sp³-hybridized carbons (Fsp3) is 0.103. The molecule has 0 saturated carbocycles. The smallest absolute Gasteiger partial charge is 0.102 e. The van der Waals surface area contributed by atoms with Crippen molar-refractivity contribution in [3.63, 3.8) is 0 Å². The molecule has 0 bridgehead atoms. The van der Waals surface area contributed by atoms with Crippen LogP contribution < -0.4 is 9.80 Å². The molecule has 0 saturated heterocycles. The van der Waals surface area contributed by atoms with Gasteiger partial charge in [0.15, 0.2) is 0 Å². The Morgan fingerprint density at radius 2 is 1.05 bits per heavy atom. The van der Waals surface area contributed by atoms with Crippen molar-refractivity contribution in [1.29, 1.82) is 10.5 Å². The van der Waals surface area contributed by atoms with E-state index in [-0.39, 0.29) is 5.92 Å². The average Bonchev–Trinajstić information content (AvgIpc) is 3.30. The molecule has 4 heteroatoms. The Kier molecular flexibility index (Phi) is 9.63. The van der Waals surface area contributed by atoms with E-state index in [0.29, 0.717) is 17.6 Å². The van der Waals surface area contributed by atoms with Crippen LogP contribution in [0.15, 0.2) is 176 Å². The molecule has 10 rings (SSSR count). The van der Waals surface area contributed by atoms with Gasteiger partial charge >= 0.3 is 0 Å². The minimum atomic E-state index is -0.0166. The van der Waals surface area contributed by atoms with E-state index in [1.807, 2.05) is 12.1 Å². The Morgan fingerprint density at radius 1 is 0.500 bits per heavy atom. The molecule has 4 nitrogen and oxygen atoms in total. The summed E-state index contributed by atoms with van der Waals surface area (Å²) < 4.78 is 0. The van der Waals surface area contributed by atoms with Crippen LogP contribution in [0.1, 0.15) is 56.8 Å². The first kappa shape index (κ1) is 38.3. The molecule has 296 valence electrons. The summed E-state index contributed by atoms with van der Waals surface area (Å²) in [6, 6.07) is 62.9. The third-order valence-electron chi connectivity index (χ3n) is 12.6. The summed E-state index contributed by atoms with van der Waals surface area (Å²) in [5.41, 5.74) is 19.0. The zero-order valence-corrected chi connectivity index (χ0v) is 35.3. The highest BCUT2D eigenvalue weighted by Crippen LogP contribution is 2.53. The Balaban J connectivity index is 1.22. The van der Waals surface area contributed by atoms with Gasteiger partial charge in [-0.2, -0.15) is 10.5 Å². The molecule has 0 spiro atoms. The molecule has 0 fully saturated rings. The van der Waals surface area contributed by atoms with Crippen LogP contribution in [0.5, 0.6) is 0 Å².